The Balaban J connectivity index is 1.06. The number of rotatable bonds is 4. The molecule has 7 aromatic rings. The number of hydrogen-bond acceptors (Lipinski definition) is 5. The quantitative estimate of drug-likeness (QED) is 0.195. The molecule has 0 saturated heterocycles. The zero-order valence-corrected chi connectivity index (χ0v) is 26.5. The molecule has 1 aromatic heterocycles. The molecule has 2 unspecified atom stereocenters. The van der Waals surface area contributed by atoms with Crippen molar-refractivity contribution in [1.29, 1.82) is 0 Å². The maximum atomic E-state index is 5.26. The van der Waals surface area contributed by atoms with Gasteiger partial charge in [0.15, 0.2) is 5.82 Å². The minimum absolute atomic E-state index is 0.00721. The zero-order chi connectivity index (χ0) is 32.3. The Kier molecular flexibility index (Phi) is 6.24. The molecule has 49 heavy (non-hydrogen) atoms. The van der Waals surface area contributed by atoms with E-state index in [4.69, 9.17) is 20.0 Å². The summed E-state index contributed by atoms with van der Waals surface area (Å²) in [6.07, 6.45) is 8.32. The lowest BCUT2D eigenvalue weighted by Crippen LogP contribution is -2.41. The molecule has 5 nitrogen and oxygen atoms in total. The highest BCUT2D eigenvalue weighted by Gasteiger charge is 2.43. The summed E-state index contributed by atoms with van der Waals surface area (Å²) in [6.45, 7) is 0. The smallest absolute Gasteiger partial charge is 0.160 e. The molecule has 0 aliphatic carbocycles. The minimum atomic E-state index is -0.0139. The molecule has 0 bridgehead atoms. The number of nitrogens with zero attached hydrogens (tertiary/aromatic N) is 5. The van der Waals surface area contributed by atoms with E-state index < -0.39 is 0 Å². The van der Waals surface area contributed by atoms with E-state index in [2.05, 4.69) is 157 Å². The first kappa shape index (κ1) is 27.6. The first-order chi connectivity index (χ1) is 24.3. The summed E-state index contributed by atoms with van der Waals surface area (Å²) in [7, 11) is 0. The number of hydrogen-bond donors (Lipinski definition) is 0. The van der Waals surface area contributed by atoms with Crippen molar-refractivity contribution >= 4 is 38.9 Å². The SMILES string of the molecule is C1=CC2=NC3c4ccccc4N=C(c4cccc(-c5cccc(-c6nc(-c7ccc8ccccc8c7)c7ccccc7n6)c5)c4)C3N2C=C1. The second-order valence-corrected chi connectivity index (χ2v) is 12.7. The van der Waals surface area contributed by atoms with Crippen LogP contribution in [0.4, 0.5) is 5.69 Å². The van der Waals surface area contributed by atoms with Gasteiger partial charge in [-0.25, -0.2) is 9.97 Å². The molecule has 3 aliphatic heterocycles. The topological polar surface area (TPSA) is 53.7 Å². The van der Waals surface area contributed by atoms with E-state index in [0.717, 1.165) is 61.6 Å². The van der Waals surface area contributed by atoms with E-state index >= 15 is 0 Å². The van der Waals surface area contributed by atoms with Crippen LogP contribution in [0.15, 0.2) is 174 Å². The normalized spacial score (nSPS) is 17.4. The van der Waals surface area contributed by atoms with Crippen LogP contribution in [0.25, 0.3) is 55.4 Å². The summed E-state index contributed by atoms with van der Waals surface area (Å²) >= 11 is 0. The van der Waals surface area contributed by atoms with E-state index in [1.165, 1.54) is 16.3 Å². The Labute approximate surface area is 284 Å². The molecular weight excluding hydrogens is 599 g/mol. The van der Waals surface area contributed by atoms with Gasteiger partial charge in [-0.3, -0.25) is 9.98 Å². The molecule has 0 radical (unpaired) electrons. The van der Waals surface area contributed by atoms with Crippen molar-refractivity contribution in [1.82, 2.24) is 14.9 Å². The van der Waals surface area contributed by atoms with Gasteiger partial charge in [-0.05, 0) is 69.9 Å². The lowest BCUT2D eigenvalue weighted by atomic mass is 9.87. The summed E-state index contributed by atoms with van der Waals surface area (Å²) in [5.41, 5.74) is 10.4. The molecule has 0 spiro atoms. The number of fused-ring (bicyclic) bond motifs is 7. The van der Waals surface area contributed by atoms with E-state index in [1.54, 1.807) is 0 Å². The summed E-state index contributed by atoms with van der Waals surface area (Å²) < 4.78 is 0. The second-order valence-electron chi connectivity index (χ2n) is 12.7. The Morgan fingerprint density at radius 1 is 0.551 bits per heavy atom. The van der Waals surface area contributed by atoms with Crippen LogP contribution in [0.1, 0.15) is 17.2 Å². The zero-order valence-electron chi connectivity index (χ0n) is 26.5. The monoisotopic (exact) mass is 627 g/mol. The summed E-state index contributed by atoms with van der Waals surface area (Å²) in [5, 5.41) is 3.44. The Hall–Kier alpha value is -6.46. The second kappa shape index (κ2) is 11.1. The standard InChI is InChI=1S/C44H29N5/c1-2-12-29-25-33(23-22-28(29)11-1)40-35-17-3-6-20-38(35)46-44(48-40)34-16-10-14-31(27-34)30-13-9-15-32(26-30)41-43-42(36-18-4-5-19-37(36)45-41)47-39-21-7-8-24-49(39)43/h1-27,42-43H. The van der Waals surface area contributed by atoms with Crippen molar-refractivity contribution in [2.45, 2.75) is 12.1 Å². The number of benzene rings is 6. The highest BCUT2D eigenvalue weighted by atomic mass is 15.3. The van der Waals surface area contributed by atoms with Crippen LogP contribution in [-0.2, 0) is 0 Å². The predicted octanol–water partition coefficient (Wildman–Crippen LogP) is 10.1. The average molecular weight is 628 g/mol. The van der Waals surface area contributed by atoms with Gasteiger partial charge in [-0.15, -0.1) is 0 Å². The van der Waals surface area contributed by atoms with Crippen molar-refractivity contribution in [3.8, 4) is 33.8 Å². The molecule has 10 rings (SSSR count). The van der Waals surface area contributed by atoms with Crippen LogP contribution < -0.4 is 0 Å². The molecule has 3 aliphatic rings. The van der Waals surface area contributed by atoms with Crippen LogP contribution >= 0.6 is 0 Å². The maximum Gasteiger partial charge on any atom is 0.160 e. The van der Waals surface area contributed by atoms with Gasteiger partial charge in [0.05, 0.1) is 22.6 Å². The number of aliphatic imine (C=N–C) groups is 2. The van der Waals surface area contributed by atoms with Gasteiger partial charge in [0.25, 0.3) is 0 Å². The van der Waals surface area contributed by atoms with Crippen LogP contribution in [0.2, 0.25) is 0 Å². The highest BCUT2D eigenvalue weighted by Crippen LogP contribution is 2.44. The third kappa shape index (κ3) is 4.62. The number of para-hydroxylation sites is 2. The fourth-order valence-corrected chi connectivity index (χ4v) is 7.41. The van der Waals surface area contributed by atoms with E-state index in [9.17, 15) is 0 Å². The molecule has 5 heteroatoms. The van der Waals surface area contributed by atoms with Crippen molar-refractivity contribution in [2.75, 3.05) is 0 Å². The number of aromatic nitrogens is 2. The predicted molar refractivity (Wildman–Crippen MR) is 200 cm³/mol. The van der Waals surface area contributed by atoms with Crippen LogP contribution in [-0.4, -0.2) is 32.5 Å². The largest absolute Gasteiger partial charge is 0.322 e. The van der Waals surface area contributed by atoms with Gasteiger partial charge in [0.2, 0.25) is 0 Å². The first-order valence-corrected chi connectivity index (χ1v) is 16.6. The van der Waals surface area contributed by atoms with Crippen LogP contribution in [0.3, 0.4) is 0 Å². The van der Waals surface area contributed by atoms with Gasteiger partial charge in [0, 0.05) is 28.3 Å². The van der Waals surface area contributed by atoms with Crippen molar-refractivity contribution in [2.24, 2.45) is 9.98 Å². The number of amidine groups is 1. The molecular formula is C44H29N5. The van der Waals surface area contributed by atoms with Gasteiger partial charge in [-0.1, -0.05) is 115 Å². The molecule has 4 heterocycles. The highest BCUT2D eigenvalue weighted by molar-refractivity contribution is 6.13. The molecule has 0 N–H and O–H groups in total. The van der Waals surface area contributed by atoms with Crippen molar-refractivity contribution in [3.05, 3.63) is 175 Å². The van der Waals surface area contributed by atoms with E-state index in [-0.39, 0.29) is 12.1 Å². The first-order valence-electron chi connectivity index (χ1n) is 16.6. The van der Waals surface area contributed by atoms with Gasteiger partial charge in [0.1, 0.15) is 17.9 Å². The lowest BCUT2D eigenvalue weighted by Gasteiger charge is -2.33. The van der Waals surface area contributed by atoms with Crippen LogP contribution in [0.5, 0.6) is 0 Å². The molecule has 6 aromatic carbocycles. The third-order valence-electron chi connectivity index (χ3n) is 9.75. The van der Waals surface area contributed by atoms with Gasteiger partial charge >= 0.3 is 0 Å². The van der Waals surface area contributed by atoms with Crippen LogP contribution in [0, 0.1) is 0 Å². The van der Waals surface area contributed by atoms with Gasteiger partial charge < -0.3 is 4.90 Å². The molecule has 230 valence electrons. The molecule has 2 atom stereocenters. The van der Waals surface area contributed by atoms with Crippen molar-refractivity contribution in [3.63, 3.8) is 0 Å². The Morgan fingerprint density at radius 2 is 1.31 bits per heavy atom. The number of allylic oxidation sites excluding steroid dienone is 2. The van der Waals surface area contributed by atoms with E-state index in [1.807, 2.05) is 12.1 Å². The minimum Gasteiger partial charge on any atom is -0.322 e. The molecule has 0 fully saturated rings. The van der Waals surface area contributed by atoms with E-state index in [0.29, 0.717) is 5.82 Å². The summed E-state index contributed by atoms with van der Waals surface area (Å²) in [4.78, 5) is 22.9. The molecule has 0 saturated carbocycles. The fourth-order valence-electron chi connectivity index (χ4n) is 7.41. The maximum absolute atomic E-state index is 5.26. The average Bonchev–Trinajstić information content (AvgIpc) is 3.57. The fraction of sp³-hybridized carbons (Fsp3) is 0.0455. The van der Waals surface area contributed by atoms with Crippen molar-refractivity contribution < 1.29 is 0 Å². The third-order valence-corrected chi connectivity index (χ3v) is 9.75. The molecule has 0 amide bonds. The Bertz CT molecular complexity index is 2590. The summed E-state index contributed by atoms with van der Waals surface area (Å²) in [6, 6.07) is 48.9. The van der Waals surface area contributed by atoms with Gasteiger partial charge in [-0.2, -0.15) is 0 Å². The lowest BCUT2D eigenvalue weighted by molar-refractivity contribution is 0.473. The summed E-state index contributed by atoms with van der Waals surface area (Å²) in [5.74, 6) is 1.68. The Morgan fingerprint density at radius 3 is 2.22 bits per heavy atom.